The van der Waals surface area contributed by atoms with E-state index >= 15 is 0 Å². The van der Waals surface area contributed by atoms with Gasteiger partial charge in [-0.2, -0.15) is 5.10 Å². The third-order valence-electron chi connectivity index (χ3n) is 5.36. The van der Waals surface area contributed by atoms with Gasteiger partial charge in [-0.15, -0.1) is 0 Å². The number of likely N-dealkylation sites (tertiary alicyclic amines) is 1. The van der Waals surface area contributed by atoms with E-state index in [1.165, 1.54) is 12.3 Å². The molecular formula is C20H24FN3O3. The van der Waals surface area contributed by atoms with E-state index in [-0.39, 0.29) is 35.7 Å². The quantitative estimate of drug-likeness (QED) is 0.872. The van der Waals surface area contributed by atoms with Gasteiger partial charge in [0.25, 0.3) is 0 Å². The average Bonchev–Trinajstić information content (AvgIpc) is 3.03. The minimum atomic E-state index is -0.978. The van der Waals surface area contributed by atoms with E-state index in [0.29, 0.717) is 24.3 Å². The lowest BCUT2D eigenvalue weighted by molar-refractivity contribution is -0.132. The maximum atomic E-state index is 13.9. The van der Waals surface area contributed by atoms with E-state index in [0.717, 1.165) is 12.8 Å². The molecule has 2 aromatic rings. The number of carbonyl (C=O) groups is 2. The van der Waals surface area contributed by atoms with Crippen LogP contribution in [-0.2, 0) is 4.79 Å². The van der Waals surface area contributed by atoms with Crippen LogP contribution in [0.2, 0.25) is 0 Å². The van der Waals surface area contributed by atoms with Gasteiger partial charge in [-0.3, -0.25) is 9.48 Å². The van der Waals surface area contributed by atoms with E-state index in [1.807, 2.05) is 11.8 Å². The number of rotatable bonds is 5. The molecule has 2 heterocycles. The van der Waals surface area contributed by atoms with Crippen LogP contribution >= 0.6 is 0 Å². The summed E-state index contributed by atoms with van der Waals surface area (Å²) in [6.45, 7) is 4.80. The summed E-state index contributed by atoms with van der Waals surface area (Å²) >= 11 is 0. The minimum Gasteiger partial charge on any atom is -0.478 e. The maximum Gasteiger partial charge on any atom is 0.339 e. The number of carbonyl (C=O) groups excluding carboxylic acids is 1. The lowest BCUT2D eigenvalue weighted by Gasteiger charge is -2.33. The van der Waals surface area contributed by atoms with Crippen LogP contribution in [0.5, 0.6) is 0 Å². The van der Waals surface area contributed by atoms with Crippen molar-refractivity contribution < 1.29 is 19.1 Å². The summed E-state index contributed by atoms with van der Waals surface area (Å²) < 4.78 is 15.6. The van der Waals surface area contributed by atoms with E-state index in [2.05, 4.69) is 5.10 Å². The van der Waals surface area contributed by atoms with Gasteiger partial charge in [0.1, 0.15) is 11.4 Å². The van der Waals surface area contributed by atoms with Crippen LogP contribution in [0.25, 0.3) is 0 Å². The Morgan fingerprint density at radius 2 is 1.96 bits per heavy atom. The van der Waals surface area contributed by atoms with Crippen LogP contribution in [0.15, 0.2) is 30.5 Å². The van der Waals surface area contributed by atoms with Crippen molar-refractivity contribution in [3.8, 4) is 0 Å². The SMILES string of the molecule is Cc1c(C(=O)O)cnn1C1CCN(C(=O)CC(C)c2ccccc2F)CC1. The summed E-state index contributed by atoms with van der Waals surface area (Å²) in [6.07, 6.45) is 3.10. The van der Waals surface area contributed by atoms with Gasteiger partial charge in [-0.25, -0.2) is 9.18 Å². The molecule has 1 amide bonds. The number of halogens is 1. The Morgan fingerprint density at radius 3 is 2.56 bits per heavy atom. The number of hydrogen-bond acceptors (Lipinski definition) is 3. The predicted octanol–water partition coefficient (Wildman–Crippen LogP) is 3.39. The molecule has 1 unspecified atom stereocenters. The molecule has 1 fully saturated rings. The van der Waals surface area contributed by atoms with E-state index in [9.17, 15) is 14.0 Å². The first-order valence-corrected chi connectivity index (χ1v) is 9.18. The number of benzene rings is 1. The highest BCUT2D eigenvalue weighted by Gasteiger charge is 2.27. The Hall–Kier alpha value is -2.70. The van der Waals surface area contributed by atoms with Crippen LogP contribution in [0, 0.1) is 12.7 Å². The highest BCUT2D eigenvalue weighted by molar-refractivity contribution is 5.88. The Labute approximate surface area is 157 Å². The first-order valence-electron chi connectivity index (χ1n) is 9.18. The van der Waals surface area contributed by atoms with Crippen LogP contribution in [0.3, 0.4) is 0 Å². The first-order chi connectivity index (χ1) is 12.9. The van der Waals surface area contributed by atoms with E-state index in [1.54, 1.807) is 29.8 Å². The molecule has 1 N–H and O–H groups in total. The fourth-order valence-corrected chi connectivity index (χ4v) is 3.74. The molecule has 27 heavy (non-hydrogen) atoms. The topological polar surface area (TPSA) is 75.4 Å². The van der Waals surface area contributed by atoms with Gasteiger partial charge in [0.2, 0.25) is 5.91 Å². The number of piperidine rings is 1. The molecule has 0 radical (unpaired) electrons. The summed E-state index contributed by atoms with van der Waals surface area (Å²) in [6, 6.07) is 6.65. The number of carboxylic acids is 1. The largest absolute Gasteiger partial charge is 0.478 e. The molecule has 3 rings (SSSR count). The van der Waals surface area contributed by atoms with Crippen LogP contribution in [0.1, 0.15) is 59.8 Å². The summed E-state index contributed by atoms with van der Waals surface area (Å²) in [5.74, 6) is -1.41. The first kappa shape index (κ1) is 19.1. The molecule has 7 heteroatoms. The molecule has 0 aliphatic carbocycles. The normalized spacial score (nSPS) is 16.3. The zero-order chi connectivity index (χ0) is 19.6. The van der Waals surface area contributed by atoms with Crippen molar-refractivity contribution in [1.29, 1.82) is 0 Å². The van der Waals surface area contributed by atoms with Crippen LogP contribution in [-0.4, -0.2) is 44.8 Å². The van der Waals surface area contributed by atoms with Gasteiger partial charge < -0.3 is 10.0 Å². The van der Waals surface area contributed by atoms with E-state index in [4.69, 9.17) is 5.11 Å². The number of nitrogens with zero attached hydrogens (tertiary/aromatic N) is 3. The molecule has 0 saturated carbocycles. The second-order valence-electron chi connectivity index (χ2n) is 7.13. The third kappa shape index (κ3) is 4.02. The lowest BCUT2D eigenvalue weighted by atomic mass is 9.96. The molecule has 1 atom stereocenters. The summed E-state index contributed by atoms with van der Waals surface area (Å²) in [5.41, 5.74) is 1.42. The Morgan fingerprint density at radius 1 is 1.30 bits per heavy atom. The van der Waals surface area contributed by atoms with Crippen LogP contribution < -0.4 is 0 Å². The molecule has 1 aromatic carbocycles. The number of carboxylic acid groups (broad SMARTS) is 1. The Balaban J connectivity index is 1.58. The van der Waals surface area contributed by atoms with Gasteiger partial charge in [0, 0.05) is 19.5 Å². The Bertz CT molecular complexity index is 841. The smallest absolute Gasteiger partial charge is 0.339 e. The predicted molar refractivity (Wildman–Crippen MR) is 98.2 cm³/mol. The molecule has 1 aliphatic heterocycles. The zero-order valence-corrected chi connectivity index (χ0v) is 15.6. The monoisotopic (exact) mass is 373 g/mol. The molecule has 6 nitrogen and oxygen atoms in total. The standard InChI is InChI=1S/C20H24FN3O3/c1-13(16-5-3-4-6-18(16)21)11-19(25)23-9-7-15(8-10-23)24-14(2)17(12-22-24)20(26)27/h3-6,12-13,15H,7-11H2,1-2H3,(H,26,27). The van der Waals surface area contributed by atoms with Crippen molar-refractivity contribution in [3.05, 3.63) is 53.1 Å². The van der Waals surface area contributed by atoms with Crippen molar-refractivity contribution in [3.63, 3.8) is 0 Å². The molecule has 0 spiro atoms. The fraction of sp³-hybridized carbons (Fsp3) is 0.450. The van der Waals surface area contributed by atoms with Crippen molar-refractivity contribution >= 4 is 11.9 Å². The van der Waals surface area contributed by atoms with Crippen LogP contribution in [0.4, 0.5) is 4.39 Å². The highest BCUT2D eigenvalue weighted by Crippen LogP contribution is 2.27. The van der Waals surface area contributed by atoms with Gasteiger partial charge in [-0.1, -0.05) is 25.1 Å². The maximum absolute atomic E-state index is 13.9. The third-order valence-corrected chi connectivity index (χ3v) is 5.36. The fourth-order valence-electron chi connectivity index (χ4n) is 3.74. The van der Waals surface area contributed by atoms with Gasteiger partial charge in [0.05, 0.1) is 17.9 Å². The molecule has 1 saturated heterocycles. The van der Waals surface area contributed by atoms with E-state index < -0.39 is 5.97 Å². The number of amides is 1. The summed E-state index contributed by atoms with van der Waals surface area (Å²) in [5, 5.41) is 13.4. The summed E-state index contributed by atoms with van der Waals surface area (Å²) in [4.78, 5) is 25.6. The van der Waals surface area contributed by atoms with Gasteiger partial charge >= 0.3 is 5.97 Å². The number of aromatic carboxylic acids is 1. The van der Waals surface area contributed by atoms with Crippen molar-refractivity contribution in [2.45, 2.75) is 45.1 Å². The zero-order valence-electron chi connectivity index (χ0n) is 15.6. The molecular weight excluding hydrogens is 349 g/mol. The number of hydrogen-bond donors (Lipinski definition) is 1. The second-order valence-corrected chi connectivity index (χ2v) is 7.13. The highest BCUT2D eigenvalue weighted by atomic mass is 19.1. The average molecular weight is 373 g/mol. The lowest BCUT2D eigenvalue weighted by Crippen LogP contribution is -2.39. The Kier molecular flexibility index (Phi) is 5.58. The van der Waals surface area contributed by atoms with Crippen molar-refractivity contribution in [2.24, 2.45) is 0 Å². The molecule has 1 aromatic heterocycles. The molecule has 0 bridgehead atoms. The molecule has 144 valence electrons. The van der Waals surface area contributed by atoms with Crippen molar-refractivity contribution in [1.82, 2.24) is 14.7 Å². The number of aromatic nitrogens is 2. The summed E-state index contributed by atoms with van der Waals surface area (Å²) in [7, 11) is 0. The second kappa shape index (κ2) is 7.90. The molecule has 1 aliphatic rings. The minimum absolute atomic E-state index is 0.0209. The van der Waals surface area contributed by atoms with Gasteiger partial charge in [0.15, 0.2) is 0 Å². The van der Waals surface area contributed by atoms with Gasteiger partial charge in [-0.05, 0) is 37.3 Å². The van der Waals surface area contributed by atoms with Crippen molar-refractivity contribution in [2.75, 3.05) is 13.1 Å².